The molecule has 1 saturated carbocycles. The largest absolute Gasteiger partial charge is 0.434 e. The maximum Gasteiger partial charge on any atom is 0.434 e. The Hall–Kier alpha value is -3.18. The van der Waals surface area contributed by atoms with E-state index < -0.39 is 33.4 Å². The minimum absolute atomic E-state index is 0.0300. The van der Waals surface area contributed by atoms with Gasteiger partial charge in [0.2, 0.25) is 10.0 Å². The lowest BCUT2D eigenvalue weighted by molar-refractivity contribution is -0.143. The number of halogens is 3. The van der Waals surface area contributed by atoms with Gasteiger partial charge in [0, 0.05) is 12.6 Å². The number of hydrogen-bond donors (Lipinski definition) is 2. The third-order valence-electron chi connectivity index (χ3n) is 5.15. The Balaban J connectivity index is 1.50. The molecule has 2 aromatic carbocycles. The van der Waals surface area contributed by atoms with Crippen LogP contribution < -0.4 is 10.0 Å². The summed E-state index contributed by atoms with van der Waals surface area (Å²) >= 11 is 0. The molecule has 3 aromatic rings. The van der Waals surface area contributed by atoms with Gasteiger partial charge < -0.3 is 5.32 Å². The minimum Gasteiger partial charge on any atom is -0.348 e. The normalized spacial score (nSPS) is 14.3. The minimum atomic E-state index is -4.81. The first kappa shape index (κ1) is 23.0. The number of sulfonamides is 1. The van der Waals surface area contributed by atoms with Crippen LogP contribution in [-0.4, -0.2) is 30.1 Å². The molecule has 1 aromatic heterocycles. The van der Waals surface area contributed by atoms with E-state index in [4.69, 9.17) is 0 Å². The maximum absolute atomic E-state index is 13.8. The van der Waals surface area contributed by atoms with Crippen molar-refractivity contribution in [1.29, 1.82) is 0 Å². The highest BCUT2D eigenvalue weighted by atomic mass is 32.2. The van der Waals surface area contributed by atoms with E-state index in [2.05, 4.69) is 15.1 Å². The van der Waals surface area contributed by atoms with Crippen molar-refractivity contribution in [3.05, 3.63) is 77.1 Å². The monoisotopic (exact) mass is 478 g/mol. The molecule has 4 rings (SSSR count). The predicted molar refractivity (Wildman–Crippen MR) is 114 cm³/mol. The number of rotatable bonds is 7. The Kier molecular flexibility index (Phi) is 6.02. The molecule has 174 valence electrons. The molecule has 0 bridgehead atoms. The molecule has 0 saturated heterocycles. The number of nitrogens with one attached hydrogen (secondary N) is 2. The van der Waals surface area contributed by atoms with Crippen molar-refractivity contribution in [3.63, 3.8) is 0 Å². The van der Waals surface area contributed by atoms with Crippen LogP contribution >= 0.6 is 0 Å². The number of aromatic nitrogens is 2. The molecular weight excluding hydrogens is 457 g/mol. The van der Waals surface area contributed by atoms with Gasteiger partial charge in [-0.1, -0.05) is 29.8 Å². The van der Waals surface area contributed by atoms with E-state index in [9.17, 15) is 26.4 Å². The van der Waals surface area contributed by atoms with Crippen LogP contribution in [0.2, 0.25) is 0 Å². The van der Waals surface area contributed by atoms with Gasteiger partial charge in [0.1, 0.15) is 0 Å². The zero-order valence-corrected chi connectivity index (χ0v) is 18.4. The first-order valence-corrected chi connectivity index (χ1v) is 11.6. The molecule has 1 fully saturated rings. The second-order valence-electron chi connectivity index (χ2n) is 7.87. The van der Waals surface area contributed by atoms with E-state index in [1.54, 1.807) is 12.1 Å². The Morgan fingerprint density at radius 1 is 1.09 bits per heavy atom. The third kappa shape index (κ3) is 5.25. The van der Waals surface area contributed by atoms with Gasteiger partial charge in [-0.3, -0.25) is 4.79 Å². The second-order valence-corrected chi connectivity index (χ2v) is 9.59. The Morgan fingerprint density at radius 3 is 2.30 bits per heavy atom. The average Bonchev–Trinajstić information content (AvgIpc) is 3.44. The van der Waals surface area contributed by atoms with Crippen molar-refractivity contribution in [2.75, 3.05) is 0 Å². The Bertz CT molecular complexity index is 1260. The smallest absolute Gasteiger partial charge is 0.348 e. The van der Waals surface area contributed by atoms with Crippen molar-refractivity contribution in [3.8, 4) is 5.69 Å². The summed E-state index contributed by atoms with van der Waals surface area (Å²) in [4.78, 5) is 12.7. The first-order valence-electron chi connectivity index (χ1n) is 10.2. The van der Waals surface area contributed by atoms with Crippen LogP contribution in [0.4, 0.5) is 13.2 Å². The van der Waals surface area contributed by atoms with Crippen LogP contribution in [0.3, 0.4) is 0 Å². The van der Waals surface area contributed by atoms with Crippen molar-refractivity contribution < 1.29 is 26.4 Å². The van der Waals surface area contributed by atoms with E-state index in [1.807, 2.05) is 6.92 Å². The zero-order chi connectivity index (χ0) is 23.8. The van der Waals surface area contributed by atoms with Gasteiger partial charge in [-0.25, -0.2) is 17.8 Å². The van der Waals surface area contributed by atoms with Crippen molar-refractivity contribution in [2.45, 2.75) is 43.4 Å². The lowest BCUT2D eigenvalue weighted by Crippen LogP contribution is -2.27. The molecular formula is C22H21F3N4O3S. The molecule has 1 aliphatic carbocycles. The van der Waals surface area contributed by atoms with Crippen LogP contribution in [0.1, 0.15) is 40.0 Å². The van der Waals surface area contributed by atoms with E-state index in [-0.39, 0.29) is 23.2 Å². The third-order valence-corrected chi connectivity index (χ3v) is 6.68. The summed E-state index contributed by atoms with van der Waals surface area (Å²) in [5.41, 5.74) is -0.177. The van der Waals surface area contributed by atoms with E-state index in [0.29, 0.717) is 10.2 Å². The van der Waals surface area contributed by atoms with Gasteiger partial charge in [0.15, 0.2) is 5.69 Å². The second kappa shape index (κ2) is 8.64. The van der Waals surface area contributed by atoms with Gasteiger partial charge in [0.25, 0.3) is 5.91 Å². The number of nitrogens with zero attached hydrogens (tertiary/aromatic N) is 2. The maximum atomic E-state index is 13.8. The summed E-state index contributed by atoms with van der Waals surface area (Å²) < 4.78 is 69.0. The Morgan fingerprint density at radius 2 is 1.73 bits per heavy atom. The van der Waals surface area contributed by atoms with Gasteiger partial charge in [0.05, 0.1) is 22.3 Å². The van der Waals surface area contributed by atoms with Gasteiger partial charge in [-0.05, 0) is 49.6 Å². The molecule has 1 heterocycles. The number of aryl methyl sites for hydroxylation is 1. The number of alkyl halides is 3. The highest BCUT2D eigenvalue weighted by Crippen LogP contribution is 2.33. The van der Waals surface area contributed by atoms with Crippen LogP contribution in [-0.2, 0) is 22.7 Å². The van der Waals surface area contributed by atoms with Crippen molar-refractivity contribution >= 4 is 15.9 Å². The lowest BCUT2D eigenvalue weighted by Gasteiger charge is -2.13. The molecule has 33 heavy (non-hydrogen) atoms. The van der Waals surface area contributed by atoms with Gasteiger partial charge in [-0.15, -0.1) is 0 Å². The number of carbonyl (C=O) groups excluding carboxylic acids is 1. The predicted octanol–water partition coefficient (Wildman–Crippen LogP) is 3.57. The Labute approximate surface area is 188 Å². The fourth-order valence-corrected chi connectivity index (χ4v) is 4.53. The van der Waals surface area contributed by atoms with Crippen molar-refractivity contribution in [1.82, 2.24) is 19.8 Å². The molecule has 1 aliphatic rings. The number of benzene rings is 2. The molecule has 0 aliphatic heterocycles. The molecule has 1 amide bonds. The van der Waals surface area contributed by atoms with Crippen molar-refractivity contribution in [2.24, 2.45) is 0 Å². The van der Waals surface area contributed by atoms with E-state index in [0.717, 1.165) is 24.6 Å². The lowest BCUT2D eigenvalue weighted by atomic mass is 10.2. The quantitative estimate of drug-likeness (QED) is 0.543. The van der Waals surface area contributed by atoms with Gasteiger partial charge in [-0.2, -0.15) is 18.3 Å². The summed E-state index contributed by atoms with van der Waals surface area (Å²) in [5.74, 6) is -0.937. The highest BCUT2D eigenvalue weighted by molar-refractivity contribution is 7.89. The molecule has 0 atom stereocenters. The van der Waals surface area contributed by atoms with Crippen LogP contribution in [0, 0.1) is 6.92 Å². The van der Waals surface area contributed by atoms with E-state index in [1.165, 1.54) is 36.4 Å². The fraction of sp³-hybridized carbons (Fsp3) is 0.273. The molecule has 2 N–H and O–H groups in total. The van der Waals surface area contributed by atoms with E-state index >= 15 is 0 Å². The molecule has 11 heteroatoms. The first-order chi connectivity index (χ1) is 15.5. The molecule has 7 nitrogen and oxygen atoms in total. The summed E-state index contributed by atoms with van der Waals surface area (Å²) in [6, 6.07) is 12.1. The SMILES string of the molecule is Cc1ccc(-n2ncc(C(=O)NCc3ccc(S(=O)(=O)NC4CC4)cc3)c2C(F)(F)F)cc1. The molecule has 0 radical (unpaired) electrons. The fourth-order valence-electron chi connectivity index (χ4n) is 3.22. The van der Waals surface area contributed by atoms with Crippen LogP contribution in [0.25, 0.3) is 5.69 Å². The summed E-state index contributed by atoms with van der Waals surface area (Å²) in [6.45, 7) is 1.73. The standard InChI is InChI=1S/C22H21F3N4O3S/c1-14-2-8-17(9-3-14)29-20(22(23,24)25)19(13-27-29)21(30)26-12-15-4-10-18(11-5-15)33(31,32)28-16-6-7-16/h2-5,8-11,13,16,28H,6-7,12H2,1H3,(H,26,30). The summed E-state index contributed by atoms with van der Waals surface area (Å²) in [5, 5.41) is 6.23. The molecule has 0 unspecified atom stereocenters. The van der Waals surface area contributed by atoms with Crippen LogP contribution in [0.15, 0.2) is 59.6 Å². The topological polar surface area (TPSA) is 93.1 Å². The average molecular weight is 478 g/mol. The van der Waals surface area contributed by atoms with Gasteiger partial charge >= 0.3 is 6.18 Å². The number of hydrogen-bond acceptors (Lipinski definition) is 4. The number of carbonyl (C=O) groups is 1. The summed E-state index contributed by atoms with van der Waals surface area (Å²) in [6.07, 6.45) is -2.30. The zero-order valence-electron chi connectivity index (χ0n) is 17.6. The molecule has 0 spiro atoms. The number of amides is 1. The highest BCUT2D eigenvalue weighted by Gasteiger charge is 2.40. The van der Waals surface area contributed by atoms with Crippen LogP contribution in [0.5, 0.6) is 0 Å². The summed E-state index contributed by atoms with van der Waals surface area (Å²) in [7, 11) is -3.61.